The summed E-state index contributed by atoms with van der Waals surface area (Å²) in [6.07, 6.45) is 7.25. The first-order chi connectivity index (χ1) is 9.80. The molecule has 0 aliphatic carbocycles. The lowest BCUT2D eigenvalue weighted by Crippen LogP contribution is -2.11. The maximum absolute atomic E-state index is 10.6. The Kier molecular flexibility index (Phi) is 6.28. The van der Waals surface area contributed by atoms with E-state index in [0.29, 0.717) is 0 Å². The third-order valence-electron chi connectivity index (χ3n) is 3.32. The van der Waals surface area contributed by atoms with Gasteiger partial charge in [-0.25, -0.2) is 0 Å². The molecular weight excluding hydrogens is 264 g/mol. The van der Waals surface area contributed by atoms with E-state index in [1.54, 1.807) is 12.1 Å². The van der Waals surface area contributed by atoms with Crippen molar-refractivity contribution >= 4 is 17.6 Å². The molecule has 0 saturated carbocycles. The average Bonchev–Trinajstić information content (AvgIpc) is 2.38. The maximum Gasteiger partial charge on any atom is 0.269 e. The summed E-state index contributed by atoms with van der Waals surface area (Å²) in [7, 11) is 0. The largest absolute Gasteiger partial charge is 0.269 e. The Morgan fingerprint density at radius 3 is 2.43 bits per heavy atom. The minimum atomic E-state index is -0.403. The molecule has 0 fully saturated rings. The number of nitro benzene ring substituents is 1. The van der Waals surface area contributed by atoms with Crippen molar-refractivity contribution in [2.24, 2.45) is 10.4 Å². The third kappa shape index (κ3) is 6.84. The van der Waals surface area contributed by atoms with Crippen LogP contribution in [0.1, 0.15) is 47.0 Å². The Morgan fingerprint density at radius 2 is 1.90 bits per heavy atom. The standard InChI is InChI=1S/C17H24N2O2/c1-14(2)6-5-11-17(3,4)12-13-18-15-7-9-16(10-8-15)19(20)21/h6-10,13H,5,11-12H2,1-4H3. The molecule has 0 spiro atoms. The van der Waals surface area contributed by atoms with E-state index in [1.807, 2.05) is 6.21 Å². The van der Waals surface area contributed by atoms with Crippen LogP contribution in [0.2, 0.25) is 0 Å². The molecule has 0 heterocycles. The van der Waals surface area contributed by atoms with Crippen molar-refractivity contribution in [3.8, 4) is 0 Å². The van der Waals surface area contributed by atoms with Crippen LogP contribution in [0, 0.1) is 15.5 Å². The molecule has 0 aliphatic rings. The number of benzene rings is 1. The number of hydrogen-bond donors (Lipinski definition) is 0. The molecule has 1 aromatic carbocycles. The lowest BCUT2D eigenvalue weighted by Gasteiger charge is -2.21. The fourth-order valence-corrected chi connectivity index (χ4v) is 1.91. The Balaban J connectivity index is 2.52. The molecule has 0 saturated heterocycles. The first kappa shape index (κ1) is 17.1. The lowest BCUT2D eigenvalue weighted by atomic mass is 9.84. The quantitative estimate of drug-likeness (QED) is 0.289. The molecule has 4 heteroatoms. The topological polar surface area (TPSA) is 55.5 Å². The number of hydrogen-bond acceptors (Lipinski definition) is 3. The minimum Gasteiger partial charge on any atom is -0.261 e. The average molecular weight is 288 g/mol. The molecule has 0 amide bonds. The molecule has 0 atom stereocenters. The number of non-ortho nitro benzene ring substituents is 1. The van der Waals surface area contributed by atoms with E-state index < -0.39 is 4.92 Å². The zero-order valence-electron chi connectivity index (χ0n) is 13.3. The van der Waals surface area contributed by atoms with Gasteiger partial charge in [-0.15, -0.1) is 0 Å². The number of rotatable bonds is 7. The molecule has 0 unspecified atom stereocenters. The van der Waals surface area contributed by atoms with Crippen LogP contribution in [-0.2, 0) is 0 Å². The van der Waals surface area contributed by atoms with Gasteiger partial charge in [-0.2, -0.15) is 0 Å². The van der Waals surface area contributed by atoms with Crippen LogP contribution in [0.4, 0.5) is 11.4 Å². The van der Waals surface area contributed by atoms with E-state index >= 15 is 0 Å². The normalized spacial score (nSPS) is 11.6. The fraction of sp³-hybridized carbons (Fsp3) is 0.471. The fourth-order valence-electron chi connectivity index (χ4n) is 1.91. The number of nitrogens with zero attached hydrogens (tertiary/aromatic N) is 2. The number of aliphatic imine (C=N–C) groups is 1. The highest BCUT2D eigenvalue weighted by molar-refractivity contribution is 5.64. The molecule has 114 valence electrons. The number of nitro groups is 1. The van der Waals surface area contributed by atoms with E-state index in [4.69, 9.17) is 0 Å². The summed E-state index contributed by atoms with van der Waals surface area (Å²) in [6.45, 7) is 8.69. The maximum atomic E-state index is 10.6. The third-order valence-corrected chi connectivity index (χ3v) is 3.32. The zero-order valence-corrected chi connectivity index (χ0v) is 13.3. The summed E-state index contributed by atoms with van der Waals surface area (Å²) < 4.78 is 0. The van der Waals surface area contributed by atoms with Gasteiger partial charge in [-0.3, -0.25) is 15.1 Å². The predicted octanol–water partition coefficient (Wildman–Crippen LogP) is 5.46. The first-order valence-corrected chi connectivity index (χ1v) is 7.20. The number of allylic oxidation sites excluding steroid dienone is 2. The lowest BCUT2D eigenvalue weighted by molar-refractivity contribution is -0.384. The van der Waals surface area contributed by atoms with Crippen LogP contribution >= 0.6 is 0 Å². The second-order valence-corrected chi connectivity index (χ2v) is 6.27. The van der Waals surface area contributed by atoms with Crippen LogP contribution in [0.5, 0.6) is 0 Å². The highest BCUT2D eigenvalue weighted by atomic mass is 16.6. The molecule has 0 aliphatic heterocycles. The Hall–Kier alpha value is -1.97. The second-order valence-electron chi connectivity index (χ2n) is 6.27. The van der Waals surface area contributed by atoms with Gasteiger partial charge in [-0.05, 0) is 50.7 Å². The van der Waals surface area contributed by atoms with Gasteiger partial charge in [0.1, 0.15) is 0 Å². The van der Waals surface area contributed by atoms with Gasteiger partial charge in [0, 0.05) is 18.3 Å². The van der Waals surface area contributed by atoms with Gasteiger partial charge in [0.15, 0.2) is 0 Å². The van der Waals surface area contributed by atoms with E-state index in [9.17, 15) is 10.1 Å². The monoisotopic (exact) mass is 288 g/mol. The molecular formula is C17H24N2O2. The SMILES string of the molecule is CC(C)=CCCC(C)(C)CC=Nc1ccc([N+](=O)[O-])cc1. The van der Waals surface area contributed by atoms with Crippen molar-refractivity contribution in [2.45, 2.75) is 47.0 Å². The minimum absolute atomic E-state index is 0.0935. The van der Waals surface area contributed by atoms with Crippen LogP contribution < -0.4 is 0 Å². The van der Waals surface area contributed by atoms with Gasteiger partial charge in [-0.1, -0.05) is 25.5 Å². The van der Waals surface area contributed by atoms with E-state index in [0.717, 1.165) is 24.9 Å². The zero-order chi connectivity index (χ0) is 15.9. The molecule has 0 N–H and O–H groups in total. The van der Waals surface area contributed by atoms with Crippen LogP contribution in [-0.4, -0.2) is 11.1 Å². The van der Waals surface area contributed by atoms with Crippen molar-refractivity contribution < 1.29 is 4.92 Å². The van der Waals surface area contributed by atoms with Crippen molar-refractivity contribution in [3.63, 3.8) is 0 Å². The van der Waals surface area contributed by atoms with E-state index in [2.05, 4.69) is 38.8 Å². The predicted molar refractivity (Wildman–Crippen MR) is 88.3 cm³/mol. The van der Waals surface area contributed by atoms with Gasteiger partial charge < -0.3 is 0 Å². The molecule has 0 aromatic heterocycles. The van der Waals surface area contributed by atoms with E-state index in [1.165, 1.54) is 17.7 Å². The Labute approximate surface area is 126 Å². The summed E-state index contributed by atoms with van der Waals surface area (Å²) in [5.74, 6) is 0. The van der Waals surface area contributed by atoms with Gasteiger partial charge in [0.25, 0.3) is 5.69 Å². The summed E-state index contributed by atoms with van der Waals surface area (Å²) in [5, 5.41) is 10.6. The van der Waals surface area contributed by atoms with Gasteiger partial charge in [0.05, 0.1) is 10.6 Å². The van der Waals surface area contributed by atoms with E-state index in [-0.39, 0.29) is 11.1 Å². The Bertz CT molecular complexity index is 524. The van der Waals surface area contributed by atoms with Crippen molar-refractivity contribution in [3.05, 3.63) is 46.0 Å². The van der Waals surface area contributed by atoms with Crippen molar-refractivity contribution in [1.82, 2.24) is 0 Å². The molecule has 0 bridgehead atoms. The van der Waals surface area contributed by atoms with Gasteiger partial charge in [0.2, 0.25) is 0 Å². The molecule has 0 radical (unpaired) electrons. The first-order valence-electron chi connectivity index (χ1n) is 7.20. The molecule has 1 aromatic rings. The molecule has 1 rings (SSSR count). The molecule has 21 heavy (non-hydrogen) atoms. The summed E-state index contributed by atoms with van der Waals surface area (Å²) in [5.41, 5.74) is 2.40. The smallest absolute Gasteiger partial charge is 0.261 e. The van der Waals surface area contributed by atoms with Crippen LogP contribution in [0.3, 0.4) is 0 Å². The highest BCUT2D eigenvalue weighted by Crippen LogP contribution is 2.27. The summed E-state index contributed by atoms with van der Waals surface area (Å²) >= 11 is 0. The van der Waals surface area contributed by atoms with Gasteiger partial charge >= 0.3 is 0 Å². The van der Waals surface area contributed by atoms with Crippen molar-refractivity contribution in [2.75, 3.05) is 0 Å². The molecule has 4 nitrogen and oxygen atoms in total. The van der Waals surface area contributed by atoms with Crippen LogP contribution in [0.15, 0.2) is 40.9 Å². The summed E-state index contributed by atoms with van der Waals surface area (Å²) in [6, 6.07) is 6.30. The summed E-state index contributed by atoms with van der Waals surface area (Å²) in [4.78, 5) is 14.5. The van der Waals surface area contributed by atoms with Crippen molar-refractivity contribution in [1.29, 1.82) is 0 Å². The Morgan fingerprint density at radius 1 is 1.29 bits per heavy atom. The highest BCUT2D eigenvalue weighted by Gasteiger charge is 2.15. The second kappa shape index (κ2) is 7.72. The van der Waals surface area contributed by atoms with Crippen LogP contribution in [0.25, 0.3) is 0 Å².